The minimum absolute atomic E-state index is 0.0702. The molecule has 2 aliphatic rings. The van der Waals surface area contributed by atoms with Gasteiger partial charge in [0.25, 0.3) is 15.9 Å². The van der Waals surface area contributed by atoms with Crippen LogP contribution in [0.4, 0.5) is 5.69 Å². The minimum Gasteiger partial charge on any atom is -0.452 e. The fraction of sp³-hybridized carbons (Fsp3) is 0.526. The number of nitrogens with one attached hydrogen (secondary N) is 1. The molecule has 1 saturated heterocycles. The quantitative estimate of drug-likeness (QED) is 0.537. The van der Waals surface area contributed by atoms with Crippen molar-refractivity contribution >= 4 is 45.0 Å². The van der Waals surface area contributed by atoms with Crippen molar-refractivity contribution in [3.05, 3.63) is 22.7 Å². The molecule has 158 valence electrons. The van der Waals surface area contributed by atoms with E-state index in [0.29, 0.717) is 31.0 Å². The van der Waals surface area contributed by atoms with Crippen LogP contribution < -0.4 is 10.2 Å². The summed E-state index contributed by atoms with van der Waals surface area (Å²) in [4.78, 5) is 25.9. The molecule has 2 aliphatic heterocycles. The zero-order chi connectivity index (χ0) is 21.0. The first-order valence-corrected chi connectivity index (χ1v) is 11.5. The van der Waals surface area contributed by atoms with Crippen molar-refractivity contribution in [1.29, 1.82) is 0 Å². The topological polar surface area (TPSA) is 105 Å². The molecule has 0 spiro atoms. The zero-order valence-electron chi connectivity index (χ0n) is 16.2. The third-order valence-electron chi connectivity index (χ3n) is 4.84. The molecule has 2 heterocycles. The number of amides is 1. The van der Waals surface area contributed by atoms with Gasteiger partial charge in [-0.25, -0.2) is 4.79 Å². The van der Waals surface area contributed by atoms with Crippen LogP contribution in [0.15, 0.2) is 21.4 Å². The Hall–Kier alpha value is -2.13. The van der Waals surface area contributed by atoms with E-state index in [1.165, 1.54) is 12.1 Å². The highest BCUT2D eigenvalue weighted by Gasteiger charge is 2.33. The van der Waals surface area contributed by atoms with Gasteiger partial charge in [0.2, 0.25) is 0 Å². The van der Waals surface area contributed by atoms with Crippen LogP contribution in [-0.2, 0) is 19.6 Å². The molecule has 0 aromatic heterocycles. The number of anilines is 1. The molecule has 0 bridgehead atoms. The Kier molecular flexibility index (Phi) is 6.79. The number of nitrogens with zero attached hydrogens (tertiary/aromatic N) is 2. The maximum atomic E-state index is 12.7. The van der Waals surface area contributed by atoms with Crippen molar-refractivity contribution in [3.63, 3.8) is 0 Å². The molecular formula is C19H24ClN3O5S. The molecule has 1 fully saturated rings. The molecule has 10 heteroatoms. The summed E-state index contributed by atoms with van der Waals surface area (Å²) in [6.45, 7) is 2.67. The summed E-state index contributed by atoms with van der Waals surface area (Å²) in [6.07, 6.45) is 5.11. The number of amidine groups is 1. The second kappa shape index (κ2) is 9.13. The number of hydrogen-bond donors (Lipinski definition) is 1. The van der Waals surface area contributed by atoms with Crippen molar-refractivity contribution in [2.45, 2.75) is 50.3 Å². The van der Waals surface area contributed by atoms with Gasteiger partial charge in [0, 0.05) is 19.5 Å². The number of unbranched alkanes of at least 4 members (excludes halogenated alkanes) is 1. The highest BCUT2D eigenvalue weighted by molar-refractivity contribution is 7.90. The predicted octanol–water partition coefficient (Wildman–Crippen LogP) is 2.89. The van der Waals surface area contributed by atoms with Gasteiger partial charge in [-0.3, -0.25) is 4.79 Å². The molecular weight excluding hydrogens is 418 g/mol. The van der Waals surface area contributed by atoms with Gasteiger partial charge >= 0.3 is 5.97 Å². The molecule has 1 N–H and O–H groups in total. The van der Waals surface area contributed by atoms with E-state index in [2.05, 4.69) is 9.71 Å². The van der Waals surface area contributed by atoms with Gasteiger partial charge in [-0.2, -0.15) is 8.42 Å². The number of carbonyl (C=O) groups is 2. The molecule has 0 radical (unpaired) electrons. The molecule has 1 aromatic rings. The van der Waals surface area contributed by atoms with Crippen molar-refractivity contribution < 1.29 is 22.7 Å². The fourth-order valence-corrected chi connectivity index (χ4v) is 4.82. The van der Waals surface area contributed by atoms with E-state index in [4.69, 9.17) is 16.3 Å². The van der Waals surface area contributed by atoms with Crippen LogP contribution in [0.2, 0.25) is 5.02 Å². The average Bonchev–Trinajstić information content (AvgIpc) is 2.90. The third kappa shape index (κ3) is 4.90. The van der Waals surface area contributed by atoms with Gasteiger partial charge in [0.1, 0.15) is 10.7 Å². The molecule has 0 atom stereocenters. The van der Waals surface area contributed by atoms with Crippen LogP contribution in [0.1, 0.15) is 55.8 Å². The second-order valence-corrected chi connectivity index (χ2v) is 9.00. The van der Waals surface area contributed by atoms with Crippen LogP contribution in [0.25, 0.3) is 0 Å². The van der Waals surface area contributed by atoms with Crippen LogP contribution in [0, 0.1) is 0 Å². The molecule has 8 nitrogen and oxygen atoms in total. The van der Waals surface area contributed by atoms with Crippen LogP contribution >= 0.6 is 11.6 Å². The number of carbonyl (C=O) groups excluding carboxylic acids is 2. The lowest BCUT2D eigenvalue weighted by molar-refractivity contribution is -0.124. The van der Waals surface area contributed by atoms with E-state index in [1.54, 1.807) is 0 Å². The lowest BCUT2D eigenvalue weighted by atomic mass is 10.1. The number of ether oxygens (including phenoxy) is 1. The molecule has 0 unspecified atom stereocenters. The smallest absolute Gasteiger partial charge is 0.340 e. The third-order valence-corrected chi connectivity index (χ3v) is 6.49. The SMILES string of the molecule is CCCCNC(=O)COC(=O)c1cc2c(cc1Cl)N1CCCCCC1=NS2(=O)=O. The van der Waals surface area contributed by atoms with E-state index in [0.717, 1.165) is 32.1 Å². The minimum atomic E-state index is -3.95. The summed E-state index contributed by atoms with van der Waals surface area (Å²) >= 11 is 6.28. The number of benzene rings is 1. The maximum Gasteiger partial charge on any atom is 0.340 e. The van der Waals surface area contributed by atoms with Gasteiger partial charge in [-0.05, 0) is 31.4 Å². The Morgan fingerprint density at radius 2 is 2.07 bits per heavy atom. The van der Waals surface area contributed by atoms with E-state index in [-0.39, 0.29) is 15.5 Å². The zero-order valence-corrected chi connectivity index (χ0v) is 17.8. The predicted molar refractivity (Wildman–Crippen MR) is 110 cm³/mol. The summed E-state index contributed by atoms with van der Waals surface area (Å²) in [5.74, 6) is -0.776. The lowest BCUT2D eigenvalue weighted by Crippen LogP contribution is -2.35. The molecule has 0 saturated carbocycles. The number of hydrogen-bond acceptors (Lipinski definition) is 6. The molecule has 1 amide bonds. The standard InChI is InChI=1S/C19H24ClN3O5S/c1-2-3-8-21-18(24)12-28-19(25)13-10-16-15(11-14(13)20)23-9-6-4-5-7-17(23)22-29(16,26)27/h10-11H,2-9,12H2,1H3,(H,21,24). The Morgan fingerprint density at radius 3 is 2.83 bits per heavy atom. The Labute approximate surface area is 175 Å². The van der Waals surface area contributed by atoms with E-state index in [1.807, 2.05) is 11.8 Å². The Morgan fingerprint density at radius 1 is 1.28 bits per heavy atom. The summed E-state index contributed by atoms with van der Waals surface area (Å²) in [6, 6.07) is 2.65. The lowest BCUT2D eigenvalue weighted by Gasteiger charge is -2.30. The van der Waals surface area contributed by atoms with Crippen molar-refractivity contribution in [1.82, 2.24) is 5.32 Å². The van der Waals surface area contributed by atoms with Crippen molar-refractivity contribution in [3.8, 4) is 0 Å². The monoisotopic (exact) mass is 441 g/mol. The normalized spacial score (nSPS) is 17.4. The van der Waals surface area contributed by atoms with Gasteiger partial charge in [-0.15, -0.1) is 4.40 Å². The summed E-state index contributed by atoms with van der Waals surface area (Å²) in [7, 11) is -3.95. The van der Waals surface area contributed by atoms with Gasteiger partial charge < -0.3 is 15.0 Å². The molecule has 1 aromatic carbocycles. The van der Waals surface area contributed by atoms with E-state index < -0.39 is 28.5 Å². The number of halogens is 1. The summed E-state index contributed by atoms with van der Waals surface area (Å²) < 4.78 is 34.3. The van der Waals surface area contributed by atoms with Crippen molar-refractivity contribution in [2.75, 3.05) is 24.6 Å². The van der Waals surface area contributed by atoms with Crippen LogP contribution in [0.5, 0.6) is 0 Å². The van der Waals surface area contributed by atoms with Gasteiger partial charge in [0.15, 0.2) is 6.61 Å². The first kappa shape index (κ1) is 21.6. The highest BCUT2D eigenvalue weighted by atomic mass is 35.5. The Bertz CT molecular complexity index is 945. The highest BCUT2D eigenvalue weighted by Crippen LogP contribution is 2.38. The van der Waals surface area contributed by atoms with Crippen LogP contribution in [0.3, 0.4) is 0 Å². The maximum absolute atomic E-state index is 12.7. The molecule has 0 aliphatic carbocycles. The fourth-order valence-electron chi connectivity index (χ4n) is 3.32. The average molecular weight is 442 g/mol. The first-order chi connectivity index (χ1) is 13.8. The molecule has 29 heavy (non-hydrogen) atoms. The first-order valence-electron chi connectivity index (χ1n) is 9.72. The van der Waals surface area contributed by atoms with Gasteiger partial charge in [0.05, 0.1) is 16.3 Å². The van der Waals surface area contributed by atoms with Gasteiger partial charge in [-0.1, -0.05) is 31.4 Å². The number of esters is 1. The second-order valence-electron chi connectivity index (χ2n) is 7.02. The summed E-state index contributed by atoms with van der Waals surface area (Å²) in [5, 5.41) is 2.71. The van der Waals surface area contributed by atoms with Crippen molar-refractivity contribution in [2.24, 2.45) is 4.40 Å². The summed E-state index contributed by atoms with van der Waals surface area (Å²) in [5.41, 5.74) is 0.319. The number of fused-ring (bicyclic) bond motifs is 3. The van der Waals surface area contributed by atoms with Crippen LogP contribution in [-0.4, -0.2) is 45.8 Å². The van der Waals surface area contributed by atoms with E-state index in [9.17, 15) is 18.0 Å². The number of sulfonamides is 1. The Balaban J connectivity index is 1.82. The largest absolute Gasteiger partial charge is 0.452 e. The number of rotatable bonds is 6. The van der Waals surface area contributed by atoms with E-state index >= 15 is 0 Å². The molecule has 3 rings (SSSR count).